The van der Waals surface area contributed by atoms with E-state index in [0.29, 0.717) is 5.69 Å². The van der Waals surface area contributed by atoms with Gasteiger partial charge < -0.3 is 14.8 Å². The van der Waals surface area contributed by atoms with Gasteiger partial charge in [0.05, 0.1) is 4.90 Å². The first kappa shape index (κ1) is 22.3. The van der Waals surface area contributed by atoms with Gasteiger partial charge in [-0.3, -0.25) is 9.59 Å². The number of anilines is 1. The largest absolute Gasteiger partial charge is 0.329 e. The van der Waals surface area contributed by atoms with Crippen molar-refractivity contribution in [2.75, 3.05) is 12.4 Å². The van der Waals surface area contributed by atoms with Crippen LogP contribution >= 0.6 is 0 Å². The molecule has 160 valence electrons. The van der Waals surface area contributed by atoms with E-state index in [1.165, 1.54) is 60.5 Å². The fourth-order valence-electron chi connectivity index (χ4n) is 3.06. The molecule has 0 saturated carbocycles. The van der Waals surface area contributed by atoms with Crippen LogP contribution < -0.4 is 5.32 Å². The van der Waals surface area contributed by atoms with Crippen molar-refractivity contribution in [3.63, 3.8) is 0 Å². The van der Waals surface area contributed by atoms with E-state index in [1.54, 1.807) is 0 Å². The quantitative estimate of drug-likeness (QED) is 0.548. The Labute approximate surface area is 182 Å². The first-order valence-corrected chi connectivity index (χ1v) is 10.5. The molecule has 0 aliphatic rings. The standard InChI is InChI=1S/C23H21FN2O4S/c1-26(23(28)17-7-9-18(24)10-8-17)21(15-16-5-3-2-4-6-16)22(27)25-19-11-13-20(14-12-19)31(29)30/h2-14,21H,15H2,1H3,(H,25,27)(H,29,30)/t21-/m0/s1. The summed E-state index contributed by atoms with van der Waals surface area (Å²) < 4.78 is 33.5. The van der Waals surface area contributed by atoms with Crippen LogP contribution in [0.2, 0.25) is 0 Å². The number of amides is 2. The lowest BCUT2D eigenvalue weighted by atomic mass is 10.0. The predicted molar refractivity (Wildman–Crippen MR) is 117 cm³/mol. The van der Waals surface area contributed by atoms with Crippen LogP contribution in [0.1, 0.15) is 15.9 Å². The van der Waals surface area contributed by atoms with Gasteiger partial charge in [-0.25, -0.2) is 8.60 Å². The first-order chi connectivity index (χ1) is 14.8. The van der Waals surface area contributed by atoms with Gasteiger partial charge in [0, 0.05) is 24.7 Å². The van der Waals surface area contributed by atoms with Crippen LogP contribution in [0.4, 0.5) is 10.1 Å². The second-order valence-electron chi connectivity index (χ2n) is 6.89. The second kappa shape index (κ2) is 10.1. The van der Waals surface area contributed by atoms with Gasteiger partial charge in [0.15, 0.2) is 11.1 Å². The van der Waals surface area contributed by atoms with Crippen molar-refractivity contribution in [1.29, 1.82) is 0 Å². The number of hydrogen-bond donors (Lipinski definition) is 2. The van der Waals surface area contributed by atoms with E-state index in [-0.39, 0.29) is 16.9 Å². The van der Waals surface area contributed by atoms with Crippen LogP contribution in [0.15, 0.2) is 83.8 Å². The third-order valence-corrected chi connectivity index (χ3v) is 5.45. The van der Waals surface area contributed by atoms with Crippen molar-refractivity contribution in [2.45, 2.75) is 17.4 Å². The molecule has 2 atom stereocenters. The van der Waals surface area contributed by atoms with Gasteiger partial charge in [0.2, 0.25) is 5.91 Å². The van der Waals surface area contributed by atoms with Crippen LogP contribution in [0.25, 0.3) is 0 Å². The molecule has 8 heteroatoms. The highest BCUT2D eigenvalue weighted by molar-refractivity contribution is 7.79. The van der Waals surface area contributed by atoms with E-state index in [0.717, 1.165) is 5.56 Å². The summed E-state index contributed by atoms with van der Waals surface area (Å²) in [6.07, 6.45) is 0.273. The SMILES string of the molecule is CN(C(=O)c1ccc(F)cc1)[C@@H](Cc1ccccc1)C(=O)Nc1ccc(S(=O)O)cc1. The number of benzene rings is 3. The summed E-state index contributed by atoms with van der Waals surface area (Å²) in [6.45, 7) is 0. The molecule has 0 aliphatic heterocycles. The zero-order chi connectivity index (χ0) is 22.4. The van der Waals surface area contributed by atoms with Crippen LogP contribution in [-0.4, -0.2) is 38.6 Å². The molecule has 2 amide bonds. The molecule has 2 N–H and O–H groups in total. The van der Waals surface area contributed by atoms with Crippen molar-refractivity contribution >= 4 is 28.6 Å². The maximum absolute atomic E-state index is 13.2. The van der Waals surface area contributed by atoms with E-state index in [1.807, 2.05) is 30.3 Å². The number of carbonyl (C=O) groups is 2. The van der Waals surface area contributed by atoms with Gasteiger partial charge >= 0.3 is 0 Å². The van der Waals surface area contributed by atoms with Crippen LogP contribution in [-0.2, 0) is 22.3 Å². The van der Waals surface area contributed by atoms with Crippen LogP contribution in [0, 0.1) is 5.82 Å². The average Bonchev–Trinajstić information content (AvgIpc) is 2.78. The zero-order valence-electron chi connectivity index (χ0n) is 16.7. The normalized spacial score (nSPS) is 12.6. The second-order valence-corrected chi connectivity index (χ2v) is 7.86. The van der Waals surface area contributed by atoms with E-state index in [4.69, 9.17) is 4.55 Å². The Hall–Kier alpha value is -3.36. The Kier molecular flexibility index (Phi) is 7.28. The maximum atomic E-state index is 13.2. The first-order valence-electron chi connectivity index (χ1n) is 9.43. The number of nitrogens with zero attached hydrogens (tertiary/aromatic N) is 1. The Bertz CT molecular complexity index is 1070. The Balaban J connectivity index is 1.84. The minimum Gasteiger partial charge on any atom is -0.329 e. The Morgan fingerprint density at radius 1 is 1.00 bits per heavy atom. The molecule has 3 aromatic carbocycles. The highest BCUT2D eigenvalue weighted by Gasteiger charge is 2.28. The fraction of sp³-hybridized carbons (Fsp3) is 0.130. The van der Waals surface area contributed by atoms with Gasteiger partial charge in [-0.2, -0.15) is 0 Å². The van der Waals surface area contributed by atoms with E-state index >= 15 is 0 Å². The lowest BCUT2D eigenvalue weighted by Crippen LogP contribution is -2.46. The molecule has 0 radical (unpaired) electrons. The summed E-state index contributed by atoms with van der Waals surface area (Å²) in [5, 5.41) is 2.75. The Morgan fingerprint density at radius 2 is 1.61 bits per heavy atom. The van der Waals surface area contributed by atoms with Gasteiger partial charge in [0.1, 0.15) is 11.9 Å². The summed E-state index contributed by atoms with van der Waals surface area (Å²) >= 11 is -2.11. The van der Waals surface area contributed by atoms with Gasteiger partial charge in [0.25, 0.3) is 5.91 Å². The number of carbonyl (C=O) groups excluding carboxylic acids is 2. The molecule has 0 aliphatic carbocycles. The molecule has 3 rings (SSSR count). The molecule has 3 aromatic rings. The summed E-state index contributed by atoms with van der Waals surface area (Å²) in [4.78, 5) is 27.6. The molecule has 6 nitrogen and oxygen atoms in total. The van der Waals surface area contributed by atoms with Gasteiger partial charge in [-0.05, 0) is 54.1 Å². The van der Waals surface area contributed by atoms with Crippen molar-refractivity contribution in [1.82, 2.24) is 4.90 Å². The number of halogens is 1. The molecule has 0 saturated heterocycles. The number of likely N-dealkylation sites (N-methyl/N-ethyl adjacent to an activating group) is 1. The molecule has 1 unspecified atom stereocenters. The maximum Gasteiger partial charge on any atom is 0.254 e. The topological polar surface area (TPSA) is 86.7 Å². The highest BCUT2D eigenvalue weighted by Crippen LogP contribution is 2.17. The van der Waals surface area contributed by atoms with Crippen LogP contribution in [0.3, 0.4) is 0 Å². The van der Waals surface area contributed by atoms with E-state index in [2.05, 4.69) is 5.32 Å². The molecule has 31 heavy (non-hydrogen) atoms. The molecular formula is C23H21FN2O4S. The molecule has 0 heterocycles. The van der Waals surface area contributed by atoms with Crippen LogP contribution in [0.5, 0.6) is 0 Å². The lowest BCUT2D eigenvalue weighted by Gasteiger charge is -2.27. The third kappa shape index (κ3) is 5.84. The fourth-order valence-corrected chi connectivity index (χ4v) is 3.43. The number of rotatable bonds is 7. The highest BCUT2D eigenvalue weighted by atomic mass is 32.2. The monoisotopic (exact) mass is 440 g/mol. The summed E-state index contributed by atoms with van der Waals surface area (Å²) in [5.74, 6) is -1.29. The van der Waals surface area contributed by atoms with Crippen molar-refractivity contribution in [2.24, 2.45) is 0 Å². The van der Waals surface area contributed by atoms with E-state index < -0.39 is 34.8 Å². The lowest BCUT2D eigenvalue weighted by molar-refractivity contribution is -0.120. The summed E-state index contributed by atoms with van der Waals surface area (Å²) in [6, 6.07) is 19.5. The zero-order valence-corrected chi connectivity index (χ0v) is 17.5. The molecule has 0 bridgehead atoms. The smallest absolute Gasteiger partial charge is 0.254 e. The van der Waals surface area contributed by atoms with Gasteiger partial charge in [-0.1, -0.05) is 30.3 Å². The molecular weight excluding hydrogens is 419 g/mol. The number of nitrogens with one attached hydrogen (secondary N) is 1. The molecule has 0 fully saturated rings. The Morgan fingerprint density at radius 3 is 2.19 bits per heavy atom. The predicted octanol–water partition coefficient (Wildman–Crippen LogP) is 3.73. The van der Waals surface area contributed by atoms with Crippen molar-refractivity contribution < 1.29 is 22.7 Å². The molecule has 0 aromatic heterocycles. The third-order valence-electron chi connectivity index (χ3n) is 4.78. The molecule has 0 spiro atoms. The van der Waals surface area contributed by atoms with Crippen molar-refractivity contribution in [3.8, 4) is 0 Å². The summed E-state index contributed by atoms with van der Waals surface area (Å²) in [7, 11) is 1.52. The van der Waals surface area contributed by atoms with Crippen molar-refractivity contribution in [3.05, 3.63) is 95.8 Å². The van der Waals surface area contributed by atoms with E-state index in [9.17, 15) is 18.2 Å². The minimum absolute atomic E-state index is 0.211. The minimum atomic E-state index is -2.11. The average molecular weight is 440 g/mol. The number of hydrogen-bond acceptors (Lipinski definition) is 3. The summed E-state index contributed by atoms with van der Waals surface area (Å²) in [5.41, 5.74) is 1.57. The van der Waals surface area contributed by atoms with Gasteiger partial charge in [-0.15, -0.1) is 0 Å².